The number of nitrogens with one attached hydrogen (secondary N) is 1. The predicted octanol–water partition coefficient (Wildman–Crippen LogP) is 3.39. The summed E-state index contributed by atoms with van der Waals surface area (Å²) in [7, 11) is 4.50. The van der Waals surface area contributed by atoms with Gasteiger partial charge in [-0.15, -0.1) is 0 Å². The van der Waals surface area contributed by atoms with Crippen LogP contribution in [0.5, 0.6) is 17.2 Å². The summed E-state index contributed by atoms with van der Waals surface area (Å²) in [6, 6.07) is 9.44. The van der Waals surface area contributed by atoms with Gasteiger partial charge >= 0.3 is 0 Å². The minimum atomic E-state index is -0.280. The number of rotatable bonds is 7. The Morgan fingerprint density at radius 2 is 1.60 bits per heavy atom. The van der Waals surface area contributed by atoms with Crippen LogP contribution in [-0.2, 0) is 0 Å². The van der Waals surface area contributed by atoms with E-state index in [0.29, 0.717) is 29.4 Å². The minimum Gasteiger partial charge on any atom is -0.493 e. The lowest BCUT2D eigenvalue weighted by Crippen LogP contribution is -2.27. The Morgan fingerprint density at radius 3 is 2.08 bits per heavy atom. The SMILES string of the molecule is COc1cc(C(=O)NCC(C)c2ccc(F)cc2)cc(OC)c1OC. The molecule has 0 aromatic heterocycles. The first-order chi connectivity index (χ1) is 12.0. The molecule has 0 fully saturated rings. The van der Waals surface area contributed by atoms with Crippen molar-refractivity contribution in [2.24, 2.45) is 0 Å². The molecule has 0 bridgehead atoms. The molecule has 0 aliphatic carbocycles. The van der Waals surface area contributed by atoms with Crippen LogP contribution in [0.2, 0.25) is 0 Å². The van der Waals surface area contributed by atoms with Crippen molar-refractivity contribution < 1.29 is 23.4 Å². The maximum Gasteiger partial charge on any atom is 0.251 e. The standard InChI is InChI=1S/C19H22FNO4/c1-12(13-5-7-15(20)8-6-13)11-21-19(22)14-9-16(23-2)18(25-4)17(10-14)24-3/h5-10,12H,11H2,1-4H3,(H,21,22). The van der Waals surface area contributed by atoms with E-state index in [0.717, 1.165) is 5.56 Å². The van der Waals surface area contributed by atoms with Crippen LogP contribution in [0.4, 0.5) is 4.39 Å². The summed E-state index contributed by atoms with van der Waals surface area (Å²) in [4.78, 5) is 12.4. The van der Waals surface area contributed by atoms with E-state index in [9.17, 15) is 9.18 Å². The summed E-state index contributed by atoms with van der Waals surface area (Å²) in [6.45, 7) is 2.38. The molecule has 5 nitrogen and oxygen atoms in total. The highest BCUT2D eigenvalue weighted by molar-refractivity contribution is 5.95. The fourth-order valence-electron chi connectivity index (χ4n) is 2.47. The van der Waals surface area contributed by atoms with Gasteiger partial charge in [-0.3, -0.25) is 4.79 Å². The Kier molecular flexibility index (Phi) is 6.22. The quantitative estimate of drug-likeness (QED) is 0.834. The van der Waals surface area contributed by atoms with Gasteiger partial charge in [-0.05, 0) is 35.7 Å². The second kappa shape index (κ2) is 8.37. The largest absolute Gasteiger partial charge is 0.493 e. The molecule has 0 aliphatic heterocycles. The van der Waals surface area contributed by atoms with E-state index in [-0.39, 0.29) is 17.6 Å². The molecule has 1 N–H and O–H groups in total. The van der Waals surface area contributed by atoms with E-state index >= 15 is 0 Å². The van der Waals surface area contributed by atoms with Gasteiger partial charge in [0, 0.05) is 12.1 Å². The second-order valence-electron chi connectivity index (χ2n) is 5.58. The van der Waals surface area contributed by atoms with Crippen LogP contribution in [0.15, 0.2) is 36.4 Å². The lowest BCUT2D eigenvalue weighted by molar-refractivity contribution is 0.0951. The van der Waals surface area contributed by atoms with Crippen molar-refractivity contribution in [2.75, 3.05) is 27.9 Å². The lowest BCUT2D eigenvalue weighted by Gasteiger charge is -2.16. The summed E-state index contributed by atoms with van der Waals surface area (Å²) in [6.07, 6.45) is 0. The van der Waals surface area contributed by atoms with Crippen molar-refractivity contribution in [1.82, 2.24) is 5.32 Å². The summed E-state index contributed by atoms with van der Waals surface area (Å²) in [5.74, 6) is 0.774. The van der Waals surface area contributed by atoms with Gasteiger partial charge in [0.1, 0.15) is 5.82 Å². The molecule has 0 saturated carbocycles. The molecule has 0 aliphatic rings. The number of methoxy groups -OCH3 is 3. The number of amides is 1. The molecule has 25 heavy (non-hydrogen) atoms. The van der Waals surface area contributed by atoms with Gasteiger partial charge < -0.3 is 19.5 Å². The number of benzene rings is 2. The molecule has 1 unspecified atom stereocenters. The molecule has 1 amide bonds. The van der Waals surface area contributed by atoms with Gasteiger partial charge in [0.2, 0.25) is 5.75 Å². The van der Waals surface area contributed by atoms with Gasteiger partial charge in [0.25, 0.3) is 5.91 Å². The Balaban J connectivity index is 2.11. The van der Waals surface area contributed by atoms with Gasteiger partial charge in [0.05, 0.1) is 21.3 Å². The van der Waals surface area contributed by atoms with Crippen molar-refractivity contribution in [1.29, 1.82) is 0 Å². The zero-order valence-corrected chi connectivity index (χ0v) is 14.8. The summed E-state index contributed by atoms with van der Waals surface area (Å²) < 4.78 is 28.7. The third kappa shape index (κ3) is 4.41. The van der Waals surface area contributed by atoms with Crippen molar-refractivity contribution in [2.45, 2.75) is 12.8 Å². The number of carbonyl (C=O) groups is 1. The van der Waals surface area contributed by atoms with E-state index in [1.807, 2.05) is 6.92 Å². The lowest BCUT2D eigenvalue weighted by atomic mass is 10.0. The van der Waals surface area contributed by atoms with E-state index in [2.05, 4.69) is 5.32 Å². The van der Waals surface area contributed by atoms with Crippen LogP contribution in [-0.4, -0.2) is 33.8 Å². The number of hydrogen-bond acceptors (Lipinski definition) is 4. The predicted molar refractivity (Wildman–Crippen MR) is 93.2 cm³/mol. The fourth-order valence-corrected chi connectivity index (χ4v) is 2.47. The average Bonchev–Trinajstić information content (AvgIpc) is 2.64. The molecule has 2 aromatic carbocycles. The number of carbonyl (C=O) groups excluding carboxylic acids is 1. The summed E-state index contributed by atoms with van der Waals surface area (Å²) in [5, 5.41) is 2.87. The Hall–Kier alpha value is -2.76. The van der Waals surface area contributed by atoms with Crippen LogP contribution in [0.3, 0.4) is 0 Å². The third-order valence-electron chi connectivity index (χ3n) is 3.93. The Morgan fingerprint density at radius 1 is 1.04 bits per heavy atom. The van der Waals surface area contributed by atoms with E-state index in [4.69, 9.17) is 14.2 Å². The highest BCUT2D eigenvalue weighted by Gasteiger charge is 2.17. The van der Waals surface area contributed by atoms with Crippen LogP contribution in [0.25, 0.3) is 0 Å². The Bertz CT molecular complexity index is 706. The first kappa shape index (κ1) is 18.6. The first-order valence-corrected chi connectivity index (χ1v) is 7.83. The zero-order chi connectivity index (χ0) is 18.4. The van der Waals surface area contributed by atoms with Gasteiger partial charge in [-0.2, -0.15) is 0 Å². The van der Waals surface area contributed by atoms with E-state index < -0.39 is 0 Å². The average molecular weight is 347 g/mol. The Labute approximate surface area is 146 Å². The maximum atomic E-state index is 13.0. The van der Waals surface area contributed by atoms with Crippen molar-refractivity contribution in [3.8, 4) is 17.2 Å². The number of hydrogen-bond donors (Lipinski definition) is 1. The van der Waals surface area contributed by atoms with E-state index in [1.54, 1.807) is 24.3 Å². The minimum absolute atomic E-state index is 0.0478. The molecule has 1 atom stereocenters. The number of ether oxygens (including phenoxy) is 3. The first-order valence-electron chi connectivity index (χ1n) is 7.83. The number of halogens is 1. The topological polar surface area (TPSA) is 56.8 Å². The molecule has 0 heterocycles. The van der Waals surface area contributed by atoms with Crippen molar-refractivity contribution in [3.63, 3.8) is 0 Å². The molecule has 0 saturated heterocycles. The van der Waals surface area contributed by atoms with Crippen molar-refractivity contribution in [3.05, 3.63) is 53.3 Å². The smallest absolute Gasteiger partial charge is 0.251 e. The van der Waals surface area contributed by atoms with Gasteiger partial charge in [-0.1, -0.05) is 19.1 Å². The molecule has 0 spiro atoms. The molecular formula is C19H22FNO4. The summed E-state index contributed by atoms with van der Waals surface area (Å²) in [5.41, 5.74) is 1.35. The van der Waals surface area contributed by atoms with Crippen LogP contribution >= 0.6 is 0 Å². The monoisotopic (exact) mass is 347 g/mol. The fraction of sp³-hybridized carbons (Fsp3) is 0.316. The summed E-state index contributed by atoms with van der Waals surface area (Å²) >= 11 is 0. The molecule has 2 rings (SSSR count). The zero-order valence-electron chi connectivity index (χ0n) is 14.8. The van der Waals surface area contributed by atoms with Crippen molar-refractivity contribution >= 4 is 5.91 Å². The molecule has 2 aromatic rings. The molecule has 6 heteroatoms. The normalized spacial score (nSPS) is 11.6. The second-order valence-corrected chi connectivity index (χ2v) is 5.58. The third-order valence-corrected chi connectivity index (χ3v) is 3.93. The molecule has 0 radical (unpaired) electrons. The van der Waals surface area contributed by atoms with Gasteiger partial charge in [-0.25, -0.2) is 4.39 Å². The highest BCUT2D eigenvalue weighted by atomic mass is 19.1. The molecule has 134 valence electrons. The van der Waals surface area contributed by atoms with Crippen LogP contribution in [0.1, 0.15) is 28.8 Å². The molecular weight excluding hydrogens is 325 g/mol. The van der Waals surface area contributed by atoms with E-state index in [1.165, 1.54) is 33.5 Å². The van der Waals surface area contributed by atoms with Gasteiger partial charge in [0.15, 0.2) is 11.5 Å². The van der Waals surface area contributed by atoms with Crippen LogP contribution < -0.4 is 19.5 Å². The maximum absolute atomic E-state index is 13.0. The van der Waals surface area contributed by atoms with Crippen LogP contribution in [0, 0.1) is 5.82 Å². The highest BCUT2D eigenvalue weighted by Crippen LogP contribution is 2.38.